The second-order valence-electron chi connectivity index (χ2n) is 7.18. The molecule has 0 heterocycles. The molecule has 0 aromatic carbocycles. The van der Waals surface area contributed by atoms with Crippen LogP contribution in [0.15, 0.2) is 12.7 Å². The van der Waals surface area contributed by atoms with E-state index in [1.165, 1.54) is 0 Å². The fourth-order valence-corrected chi connectivity index (χ4v) is 2.39. The van der Waals surface area contributed by atoms with E-state index < -0.39 is 72.9 Å². The van der Waals surface area contributed by atoms with Crippen LogP contribution in [0.25, 0.3) is 0 Å². The summed E-state index contributed by atoms with van der Waals surface area (Å²) < 4.78 is 227. The number of carbonyl (C=O) groups is 1. The summed E-state index contributed by atoms with van der Waals surface area (Å²) in [6.45, 7) is 2.65. The molecule has 0 saturated heterocycles. The lowest BCUT2D eigenvalue weighted by Crippen LogP contribution is -2.74. The van der Waals surface area contributed by atoms with Crippen molar-refractivity contribution in [3.05, 3.63) is 12.7 Å². The molecule has 0 spiro atoms. The van der Waals surface area contributed by atoms with Crippen molar-refractivity contribution in [2.75, 3.05) is 6.61 Å². The van der Waals surface area contributed by atoms with E-state index in [9.17, 15) is 79.4 Å². The molecule has 0 saturated carbocycles. The Labute approximate surface area is 190 Å². The summed E-state index contributed by atoms with van der Waals surface area (Å²) in [5.41, 5.74) is 0. The Balaban J connectivity index is 5.81. The number of halogens is 17. The van der Waals surface area contributed by atoms with Gasteiger partial charge in [-0.2, -0.15) is 74.6 Å². The van der Waals surface area contributed by atoms with Crippen LogP contribution >= 0.6 is 0 Å². The van der Waals surface area contributed by atoms with Crippen LogP contribution in [-0.2, 0) is 9.53 Å². The van der Waals surface area contributed by atoms with Crippen molar-refractivity contribution in [3.63, 3.8) is 0 Å². The molecule has 0 aliphatic carbocycles. The van der Waals surface area contributed by atoms with Crippen molar-refractivity contribution >= 4 is 5.97 Å². The van der Waals surface area contributed by atoms with Gasteiger partial charge >= 0.3 is 53.6 Å². The van der Waals surface area contributed by atoms with Crippen molar-refractivity contribution < 1.29 is 84.2 Å². The molecule has 36 heavy (non-hydrogen) atoms. The average Bonchev–Trinajstić information content (AvgIpc) is 2.70. The minimum Gasteiger partial charge on any atom is -0.463 e. The Morgan fingerprint density at radius 2 is 0.917 bits per heavy atom. The molecule has 0 aliphatic heterocycles. The third kappa shape index (κ3) is 5.62. The van der Waals surface area contributed by atoms with E-state index in [-0.39, 0.29) is 19.4 Å². The quantitative estimate of drug-likeness (QED) is 0.0922. The molecule has 214 valence electrons. The predicted octanol–water partition coefficient (Wildman–Crippen LogP) is 7.68. The summed E-state index contributed by atoms with van der Waals surface area (Å²) in [5.74, 6) is -57.0. The molecular weight excluding hydrogens is 559 g/mol. The van der Waals surface area contributed by atoms with Crippen LogP contribution in [0, 0.1) is 0 Å². The Bertz CT molecular complexity index is 770. The largest absolute Gasteiger partial charge is 0.463 e. The van der Waals surface area contributed by atoms with Crippen LogP contribution in [-0.4, -0.2) is 60.2 Å². The molecule has 0 aromatic heterocycles. The molecule has 0 unspecified atom stereocenters. The highest BCUT2D eigenvalue weighted by atomic mass is 19.4. The first-order valence-electron chi connectivity index (χ1n) is 9.21. The van der Waals surface area contributed by atoms with Gasteiger partial charge in [0.2, 0.25) is 0 Å². The number of alkyl halides is 17. The maximum atomic E-state index is 13.7. The Kier molecular flexibility index (Phi) is 9.84. The first-order chi connectivity index (χ1) is 15.7. The third-order valence-electron chi connectivity index (χ3n) is 4.58. The number of rotatable bonds is 14. The molecule has 2 nitrogen and oxygen atoms in total. The molecule has 0 fully saturated rings. The molecule has 0 N–H and O–H groups in total. The Morgan fingerprint density at radius 3 is 1.31 bits per heavy atom. The monoisotopic (exact) mass is 574 g/mol. The van der Waals surface area contributed by atoms with Crippen molar-refractivity contribution in [1.82, 2.24) is 0 Å². The van der Waals surface area contributed by atoms with Gasteiger partial charge in [0.05, 0.1) is 6.61 Å². The predicted molar refractivity (Wildman–Crippen MR) is 84.9 cm³/mol. The zero-order chi connectivity index (χ0) is 29.2. The van der Waals surface area contributed by atoms with Crippen molar-refractivity contribution in [2.45, 2.75) is 79.7 Å². The Morgan fingerprint density at radius 1 is 0.556 bits per heavy atom. The molecule has 19 heteroatoms. The SMILES string of the molecule is C=CC(=O)OCCCCCCC(F)(F)C(F)(F)C(F)(F)C(F)(F)C(F)(F)C(F)(F)C(F)(F)C(F)(F)F. The van der Waals surface area contributed by atoms with Gasteiger partial charge in [-0.3, -0.25) is 0 Å². The number of esters is 1. The summed E-state index contributed by atoms with van der Waals surface area (Å²) in [7, 11) is 0. The van der Waals surface area contributed by atoms with Gasteiger partial charge in [0.25, 0.3) is 0 Å². The number of hydrogen-bond donors (Lipinski definition) is 0. The fraction of sp³-hybridized carbons (Fsp3) is 0.824. The van der Waals surface area contributed by atoms with Crippen LogP contribution in [0.3, 0.4) is 0 Å². The standard InChI is InChI=1S/C17H15F17O2/c1-2-9(35)36-8-6-4-3-5-7-10(18,19)11(20,21)12(22,23)13(24,25)14(26,27)15(28,29)16(30,31)17(32,33)34/h2H,1,3-8H2. The Hall–Kier alpha value is -1.98. The lowest BCUT2D eigenvalue weighted by Gasteiger charge is -2.42. The van der Waals surface area contributed by atoms with Gasteiger partial charge in [0.1, 0.15) is 0 Å². The highest BCUT2D eigenvalue weighted by Gasteiger charge is 2.95. The second kappa shape index (κ2) is 10.4. The van der Waals surface area contributed by atoms with E-state index in [0.717, 1.165) is 6.08 Å². The molecule has 0 amide bonds. The first-order valence-corrected chi connectivity index (χ1v) is 9.21. The first kappa shape index (κ1) is 34.0. The fourth-order valence-electron chi connectivity index (χ4n) is 2.39. The number of ether oxygens (including phenoxy) is 1. The van der Waals surface area contributed by atoms with Crippen LogP contribution in [0.1, 0.15) is 32.1 Å². The number of unbranched alkanes of at least 4 members (excludes halogenated alkanes) is 3. The molecule has 0 radical (unpaired) electrons. The van der Waals surface area contributed by atoms with Gasteiger partial charge in [0, 0.05) is 12.5 Å². The van der Waals surface area contributed by atoms with Gasteiger partial charge < -0.3 is 4.74 Å². The van der Waals surface area contributed by atoms with E-state index in [2.05, 4.69) is 11.3 Å². The highest BCUT2D eigenvalue weighted by Crippen LogP contribution is 2.64. The maximum Gasteiger partial charge on any atom is 0.460 e. The van der Waals surface area contributed by atoms with Gasteiger partial charge in [-0.25, -0.2) is 4.79 Å². The molecule has 0 bridgehead atoms. The summed E-state index contributed by atoms with van der Waals surface area (Å²) in [6, 6.07) is 0. The lowest BCUT2D eigenvalue weighted by molar-refractivity contribution is -0.461. The van der Waals surface area contributed by atoms with E-state index in [1.807, 2.05) is 0 Å². The number of hydrogen-bond acceptors (Lipinski definition) is 2. The van der Waals surface area contributed by atoms with Crippen molar-refractivity contribution in [3.8, 4) is 0 Å². The minimum atomic E-state index is -8.62. The minimum absolute atomic E-state index is 0.121. The molecule has 0 aliphatic rings. The second-order valence-corrected chi connectivity index (χ2v) is 7.18. The van der Waals surface area contributed by atoms with Crippen LogP contribution < -0.4 is 0 Å². The summed E-state index contributed by atoms with van der Waals surface area (Å²) in [4.78, 5) is 10.7. The van der Waals surface area contributed by atoms with Gasteiger partial charge in [-0.1, -0.05) is 19.4 Å². The summed E-state index contributed by atoms with van der Waals surface area (Å²) in [6.07, 6.45) is -11.6. The van der Waals surface area contributed by atoms with Crippen LogP contribution in [0.4, 0.5) is 74.6 Å². The lowest BCUT2D eigenvalue weighted by atomic mass is 9.88. The van der Waals surface area contributed by atoms with E-state index >= 15 is 0 Å². The van der Waals surface area contributed by atoms with Crippen molar-refractivity contribution in [2.24, 2.45) is 0 Å². The highest BCUT2D eigenvalue weighted by molar-refractivity contribution is 5.81. The van der Waals surface area contributed by atoms with Crippen molar-refractivity contribution in [1.29, 1.82) is 0 Å². The summed E-state index contributed by atoms with van der Waals surface area (Å²) in [5, 5.41) is 0. The molecular formula is C17H15F17O2. The maximum absolute atomic E-state index is 13.7. The van der Waals surface area contributed by atoms with Crippen LogP contribution in [0.2, 0.25) is 0 Å². The molecule has 0 aromatic rings. The van der Waals surface area contributed by atoms with E-state index in [0.29, 0.717) is 0 Å². The zero-order valence-electron chi connectivity index (χ0n) is 17.3. The third-order valence-corrected chi connectivity index (χ3v) is 4.58. The van der Waals surface area contributed by atoms with E-state index in [1.54, 1.807) is 0 Å². The molecule has 0 atom stereocenters. The number of carbonyl (C=O) groups excluding carboxylic acids is 1. The normalized spacial score (nSPS) is 15.1. The van der Waals surface area contributed by atoms with Gasteiger partial charge in [-0.15, -0.1) is 0 Å². The van der Waals surface area contributed by atoms with Gasteiger partial charge in [-0.05, 0) is 12.8 Å². The van der Waals surface area contributed by atoms with Gasteiger partial charge in [0.15, 0.2) is 0 Å². The van der Waals surface area contributed by atoms with Crippen LogP contribution in [0.5, 0.6) is 0 Å². The smallest absolute Gasteiger partial charge is 0.460 e. The summed E-state index contributed by atoms with van der Waals surface area (Å²) >= 11 is 0. The molecule has 0 rings (SSSR count). The zero-order valence-corrected chi connectivity index (χ0v) is 17.3. The average molecular weight is 574 g/mol. The van der Waals surface area contributed by atoms with E-state index in [4.69, 9.17) is 0 Å². The topological polar surface area (TPSA) is 26.3 Å².